The molecule has 1 aromatic heterocycles. The lowest BCUT2D eigenvalue weighted by molar-refractivity contribution is -0.117. The molecule has 0 N–H and O–H groups in total. The molecule has 0 unspecified atom stereocenters. The fraction of sp³-hybridized carbons (Fsp3) is 0.455. The Kier molecular flexibility index (Phi) is 4.16. The standard InChI is InChI=1S/C11H15NO/c1-10(13)6-2-3-7-11-8-4-5-9-12-11/h4-5,8-9H,2-3,6-7H2,1H3. The van der Waals surface area contributed by atoms with Crippen LogP contribution >= 0.6 is 0 Å². The van der Waals surface area contributed by atoms with E-state index in [1.807, 2.05) is 18.2 Å². The molecule has 0 fully saturated rings. The summed E-state index contributed by atoms with van der Waals surface area (Å²) in [6.45, 7) is 1.64. The van der Waals surface area contributed by atoms with Crippen molar-refractivity contribution in [2.24, 2.45) is 0 Å². The average molecular weight is 177 g/mol. The highest BCUT2D eigenvalue weighted by molar-refractivity contribution is 5.75. The normalized spacial score (nSPS) is 9.92. The van der Waals surface area contributed by atoms with Gasteiger partial charge in [-0.1, -0.05) is 6.07 Å². The fourth-order valence-electron chi connectivity index (χ4n) is 1.23. The predicted octanol–water partition coefficient (Wildman–Crippen LogP) is 2.38. The third kappa shape index (κ3) is 4.41. The van der Waals surface area contributed by atoms with E-state index < -0.39 is 0 Å². The summed E-state index contributed by atoms with van der Waals surface area (Å²) in [5.74, 6) is 0.279. The Morgan fingerprint density at radius 1 is 1.38 bits per heavy atom. The summed E-state index contributed by atoms with van der Waals surface area (Å²) in [7, 11) is 0. The van der Waals surface area contributed by atoms with Gasteiger partial charge in [0, 0.05) is 18.3 Å². The summed E-state index contributed by atoms with van der Waals surface area (Å²) in [4.78, 5) is 14.8. The van der Waals surface area contributed by atoms with Gasteiger partial charge < -0.3 is 4.79 Å². The first-order valence-corrected chi connectivity index (χ1v) is 4.68. The number of Topliss-reactive ketones (excluding diaryl/α,β-unsaturated/α-hetero) is 1. The van der Waals surface area contributed by atoms with Gasteiger partial charge in [0.25, 0.3) is 0 Å². The number of nitrogens with zero attached hydrogens (tertiary/aromatic N) is 1. The molecule has 70 valence electrons. The number of carbonyl (C=O) groups is 1. The predicted molar refractivity (Wildman–Crippen MR) is 52.5 cm³/mol. The summed E-state index contributed by atoms with van der Waals surface area (Å²) in [6, 6.07) is 5.93. The fourth-order valence-corrected chi connectivity index (χ4v) is 1.23. The highest BCUT2D eigenvalue weighted by Crippen LogP contribution is 2.03. The van der Waals surface area contributed by atoms with Crippen LogP contribution < -0.4 is 0 Å². The Hall–Kier alpha value is -1.18. The topological polar surface area (TPSA) is 30.0 Å². The molecule has 0 radical (unpaired) electrons. The Bertz CT molecular complexity index is 256. The van der Waals surface area contributed by atoms with Gasteiger partial charge in [0.2, 0.25) is 0 Å². The van der Waals surface area contributed by atoms with Gasteiger partial charge >= 0.3 is 0 Å². The van der Waals surface area contributed by atoms with E-state index in [9.17, 15) is 4.79 Å². The van der Waals surface area contributed by atoms with Crippen LogP contribution in [0.5, 0.6) is 0 Å². The van der Waals surface area contributed by atoms with Crippen molar-refractivity contribution in [1.82, 2.24) is 4.98 Å². The van der Waals surface area contributed by atoms with E-state index in [2.05, 4.69) is 4.98 Å². The average Bonchev–Trinajstić information content (AvgIpc) is 2.14. The van der Waals surface area contributed by atoms with Crippen LogP contribution in [0.1, 0.15) is 31.9 Å². The smallest absolute Gasteiger partial charge is 0.129 e. The maximum absolute atomic E-state index is 10.6. The molecule has 2 nitrogen and oxygen atoms in total. The van der Waals surface area contributed by atoms with E-state index in [0.29, 0.717) is 6.42 Å². The van der Waals surface area contributed by atoms with Crippen LogP contribution in [0.3, 0.4) is 0 Å². The van der Waals surface area contributed by atoms with Gasteiger partial charge in [-0.15, -0.1) is 0 Å². The van der Waals surface area contributed by atoms with Crippen molar-refractivity contribution in [3.63, 3.8) is 0 Å². The summed E-state index contributed by atoms with van der Waals surface area (Å²) < 4.78 is 0. The molecule has 0 aliphatic carbocycles. The van der Waals surface area contributed by atoms with E-state index in [1.165, 1.54) is 0 Å². The number of carbonyl (C=O) groups excluding carboxylic acids is 1. The first kappa shape index (κ1) is 9.90. The molecule has 1 heterocycles. The van der Waals surface area contributed by atoms with Crippen molar-refractivity contribution >= 4 is 5.78 Å². The van der Waals surface area contributed by atoms with Crippen LogP contribution in [-0.2, 0) is 11.2 Å². The number of unbranched alkanes of at least 4 members (excludes halogenated alkanes) is 1. The van der Waals surface area contributed by atoms with Crippen molar-refractivity contribution in [2.75, 3.05) is 0 Å². The zero-order valence-electron chi connectivity index (χ0n) is 7.99. The molecular weight excluding hydrogens is 162 g/mol. The van der Waals surface area contributed by atoms with Gasteiger partial charge in [-0.25, -0.2) is 0 Å². The molecule has 0 aromatic carbocycles. The Balaban J connectivity index is 2.17. The lowest BCUT2D eigenvalue weighted by Crippen LogP contribution is -1.92. The Morgan fingerprint density at radius 3 is 2.85 bits per heavy atom. The second-order valence-electron chi connectivity index (χ2n) is 3.23. The van der Waals surface area contributed by atoms with Gasteiger partial charge in [0.05, 0.1) is 0 Å². The molecule has 0 aliphatic heterocycles. The van der Waals surface area contributed by atoms with Crippen molar-refractivity contribution in [1.29, 1.82) is 0 Å². The molecule has 0 amide bonds. The highest BCUT2D eigenvalue weighted by Gasteiger charge is 1.95. The van der Waals surface area contributed by atoms with Gasteiger partial charge in [-0.05, 0) is 38.3 Å². The Morgan fingerprint density at radius 2 is 2.23 bits per heavy atom. The molecule has 0 aliphatic rings. The Labute approximate surface area is 79.0 Å². The third-order valence-corrected chi connectivity index (χ3v) is 1.94. The third-order valence-electron chi connectivity index (χ3n) is 1.94. The van der Waals surface area contributed by atoms with Crippen LogP contribution in [0, 0.1) is 0 Å². The monoisotopic (exact) mass is 177 g/mol. The minimum Gasteiger partial charge on any atom is -0.300 e. The van der Waals surface area contributed by atoms with Crippen LogP contribution in [-0.4, -0.2) is 10.8 Å². The summed E-state index contributed by atoms with van der Waals surface area (Å²) >= 11 is 0. The minimum absolute atomic E-state index is 0.279. The molecule has 0 spiro atoms. The maximum atomic E-state index is 10.6. The van der Waals surface area contributed by atoms with E-state index >= 15 is 0 Å². The van der Waals surface area contributed by atoms with Crippen molar-refractivity contribution < 1.29 is 4.79 Å². The molecular formula is C11H15NO. The van der Waals surface area contributed by atoms with E-state index in [1.54, 1.807) is 13.1 Å². The van der Waals surface area contributed by atoms with E-state index in [4.69, 9.17) is 0 Å². The maximum Gasteiger partial charge on any atom is 0.129 e. The zero-order chi connectivity index (χ0) is 9.52. The minimum atomic E-state index is 0.279. The number of hydrogen-bond donors (Lipinski definition) is 0. The number of rotatable bonds is 5. The van der Waals surface area contributed by atoms with Gasteiger partial charge in [0.1, 0.15) is 5.78 Å². The molecule has 1 rings (SSSR count). The zero-order valence-corrected chi connectivity index (χ0v) is 7.99. The van der Waals surface area contributed by atoms with Crippen LogP contribution in [0.15, 0.2) is 24.4 Å². The van der Waals surface area contributed by atoms with Crippen LogP contribution in [0.2, 0.25) is 0 Å². The molecule has 0 saturated carbocycles. The number of hydrogen-bond acceptors (Lipinski definition) is 2. The first-order valence-electron chi connectivity index (χ1n) is 4.68. The van der Waals surface area contributed by atoms with E-state index in [-0.39, 0.29) is 5.78 Å². The number of aryl methyl sites for hydroxylation is 1. The lowest BCUT2D eigenvalue weighted by Gasteiger charge is -1.98. The number of aromatic nitrogens is 1. The molecule has 0 saturated heterocycles. The van der Waals surface area contributed by atoms with Crippen molar-refractivity contribution in [3.05, 3.63) is 30.1 Å². The summed E-state index contributed by atoms with van der Waals surface area (Å²) in [5.41, 5.74) is 1.12. The second kappa shape index (κ2) is 5.46. The summed E-state index contributed by atoms with van der Waals surface area (Å²) in [6.07, 6.45) is 5.52. The SMILES string of the molecule is CC(=O)CCCCc1ccccn1. The summed E-state index contributed by atoms with van der Waals surface area (Å²) in [5, 5.41) is 0. The van der Waals surface area contributed by atoms with Gasteiger partial charge in [-0.3, -0.25) is 4.98 Å². The van der Waals surface area contributed by atoms with Crippen LogP contribution in [0.25, 0.3) is 0 Å². The molecule has 0 bridgehead atoms. The molecule has 13 heavy (non-hydrogen) atoms. The van der Waals surface area contributed by atoms with Crippen LogP contribution in [0.4, 0.5) is 0 Å². The number of pyridine rings is 1. The largest absolute Gasteiger partial charge is 0.300 e. The molecule has 2 heteroatoms. The molecule has 1 aromatic rings. The first-order chi connectivity index (χ1) is 6.29. The number of ketones is 1. The van der Waals surface area contributed by atoms with Crippen molar-refractivity contribution in [3.8, 4) is 0 Å². The highest BCUT2D eigenvalue weighted by atomic mass is 16.1. The second-order valence-corrected chi connectivity index (χ2v) is 3.23. The van der Waals surface area contributed by atoms with Crippen molar-refractivity contribution in [2.45, 2.75) is 32.6 Å². The van der Waals surface area contributed by atoms with Gasteiger partial charge in [0.15, 0.2) is 0 Å². The lowest BCUT2D eigenvalue weighted by atomic mass is 10.1. The van der Waals surface area contributed by atoms with E-state index in [0.717, 1.165) is 25.0 Å². The quantitative estimate of drug-likeness (QED) is 0.646. The molecule has 0 atom stereocenters. The van der Waals surface area contributed by atoms with Gasteiger partial charge in [-0.2, -0.15) is 0 Å².